The van der Waals surface area contributed by atoms with Gasteiger partial charge in [-0.05, 0) is 45.7 Å². The van der Waals surface area contributed by atoms with Crippen LogP contribution in [-0.2, 0) is 9.53 Å². The summed E-state index contributed by atoms with van der Waals surface area (Å²) in [4.78, 5) is 26.0. The van der Waals surface area contributed by atoms with E-state index in [9.17, 15) is 20.1 Å². The minimum Gasteiger partial charge on any atom is -0.459 e. The first-order valence-corrected chi connectivity index (χ1v) is 8.89. The normalized spacial score (nSPS) is 20.4. The van der Waals surface area contributed by atoms with Gasteiger partial charge in [0.15, 0.2) is 0 Å². The molecule has 1 fully saturated rings. The van der Waals surface area contributed by atoms with E-state index in [0.717, 1.165) is 0 Å². The Morgan fingerprint density at radius 3 is 2.59 bits per heavy atom. The van der Waals surface area contributed by atoms with Crippen LogP contribution in [0.25, 0.3) is 0 Å². The molecular formula is C19H26N4O4. The molecule has 0 bridgehead atoms. The molecule has 1 heterocycles. The van der Waals surface area contributed by atoms with Crippen molar-refractivity contribution in [1.29, 1.82) is 5.26 Å². The van der Waals surface area contributed by atoms with Crippen molar-refractivity contribution in [2.45, 2.75) is 51.3 Å². The van der Waals surface area contributed by atoms with Crippen molar-refractivity contribution in [3.05, 3.63) is 30.3 Å². The fourth-order valence-electron chi connectivity index (χ4n) is 2.95. The lowest BCUT2D eigenvalue weighted by atomic mass is 9.99. The Balaban J connectivity index is 1.98. The number of hydrogen-bond acceptors (Lipinski definition) is 6. The second kappa shape index (κ2) is 8.84. The predicted octanol–water partition coefficient (Wildman–Crippen LogP) is 2.61. The van der Waals surface area contributed by atoms with Gasteiger partial charge in [-0.15, -0.1) is 0 Å². The molecule has 2 atom stereocenters. The van der Waals surface area contributed by atoms with E-state index in [2.05, 4.69) is 11.4 Å². The van der Waals surface area contributed by atoms with E-state index < -0.39 is 29.7 Å². The quantitative estimate of drug-likeness (QED) is 0.477. The molecule has 0 saturated carbocycles. The highest BCUT2D eigenvalue weighted by Crippen LogP contribution is 2.21. The molecule has 27 heavy (non-hydrogen) atoms. The van der Waals surface area contributed by atoms with Crippen LogP contribution >= 0.6 is 0 Å². The van der Waals surface area contributed by atoms with E-state index >= 15 is 0 Å². The summed E-state index contributed by atoms with van der Waals surface area (Å²) in [5.41, 5.74) is -0.0506. The van der Waals surface area contributed by atoms with Crippen molar-refractivity contribution < 1.29 is 19.5 Å². The molecule has 0 aliphatic carbocycles. The van der Waals surface area contributed by atoms with Gasteiger partial charge in [-0.2, -0.15) is 5.26 Å². The molecular weight excluding hydrogens is 348 g/mol. The summed E-state index contributed by atoms with van der Waals surface area (Å²) in [5.74, 6) is -0.443. The molecule has 1 aromatic carbocycles. The lowest BCUT2D eigenvalue weighted by molar-refractivity contribution is -0.158. The topological polar surface area (TPSA) is 106 Å². The molecule has 1 aliphatic heterocycles. The summed E-state index contributed by atoms with van der Waals surface area (Å²) in [7, 11) is 0. The van der Waals surface area contributed by atoms with Gasteiger partial charge in [-0.3, -0.25) is 14.9 Å². The number of anilines is 1. The number of nitriles is 1. The van der Waals surface area contributed by atoms with Crippen LogP contribution in [-0.4, -0.2) is 57.9 Å². The Kier molecular flexibility index (Phi) is 6.77. The summed E-state index contributed by atoms with van der Waals surface area (Å²) >= 11 is 0. The molecule has 8 heteroatoms. The fourth-order valence-corrected chi connectivity index (χ4v) is 2.95. The van der Waals surface area contributed by atoms with Gasteiger partial charge in [0, 0.05) is 12.2 Å². The van der Waals surface area contributed by atoms with Crippen LogP contribution in [0.3, 0.4) is 0 Å². The summed E-state index contributed by atoms with van der Waals surface area (Å²) in [6.07, 6.45) is 0.904. The number of ether oxygens (including phenoxy) is 1. The van der Waals surface area contributed by atoms with Crippen molar-refractivity contribution in [2.24, 2.45) is 0 Å². The minimum absolute atomic E-state index is 0.0693. The number of para-hydroxylation sites is 1. The number of esters is 1. The average molecular weight is 374 g/mol. The number of carbonyl (C=O) groups excluding carboxylic acids is 2. The molecule has 1 aromatic rings. The molecule has 8 nitrogen and oxygen atoms in total. The molecule has 2 rings (SSSR count). The third-order valence-corrected chi connectivity index (χ3v) is 4.14. The molecule has 0 radical (unpaired) electrons. The summed E-state index contributed by atoms with van der Waals surface area (Å²) in [6.45, 7) is 5.45. The van der Waals surface area contributed by atoms with Gasteiger partial charge in [0.25, 0.3) is 0 Å². The Morgan fingerprint density at radius 2 is 2.00 bits per heavy atom. The largest absolute Gasteiger partial charge is 0.459 e. The average Bonchev–Trinajstić information content (AvgIpc) is 2.60. The number of likely N-dealkylation sites (tertiary alicyclic amines) is 1. The Hall–Kier alpha value is -2.63. The van der Waals surface area contributed by atoms with Crippen LogP contribution in [0.15, 0.2) is 30.3 Å². The van der Waals surface area contributed by atoms with Crippen LogP contribution in [0, 0.1) is 11.3 Å². The molecule has 1 aliphatic rings. The van der Waals surface area contributed by atoms with Gasteiger partial charge in [0.05, 0.1) is 24.7 Å². The molecule has 2 N–H and O–H groups in total. The van der Waals surface area contributed by atoms with Crippen LogP contribution in [0.5, 0.6) is 0 Å². The zero-order valence-electron chi connectivity index (χ0n) is 15.9. The first-order chi connectivity index (χ1) is 12.7. The number of hydroxylamine groups is 2. The maximum absolute atomic E-state index is 12.3. The van der Waals surface area contributed by atoms with Gasteiger partial charge in [0.1, 0.15) is 5.60 Å². The van der Waals surface area contributed by atoms with Crippen LogP contribution < -0.4 is 5.32 Å². The number of hydrogen-bond donors (Lipinski definition) is 2. The Bertz CT molecular complexity index is 696. The number of carbonyl (C=O) groups is 2. The number of urea groups is 1. The van der Waals surface area contributed by atoms with Crippen molar-refractivity contribution >= 4 is 17.7 Å². The van der Waals surface area contributed by atoms with E-state index in [1.54, 1.807) is 49.9 Å². The lowest BCUT2D eigenvalue weighted by Gasteiger charge is -2.38. The SMILES string of the molecule is CC(C)(C)OC(=O)CN1CC(N(O)C(=O)Nc2ccccc2)CCC1C#N. The Labute approximate surface area is 159 Å². The maximum Gasteiger partial charge on any atom is 0.345 e. The standard InChI is InChI=1S/C19H26N4O4/c1-19(2,3)27-17(24)13-22-12-16(10-9-15(22)11-20)23(26)18(25)21-14-7-5-4-6-8-14/h4-8,15-16,26H,9-10,12-13H2,1-3H3,(H,21,25). The van der Waals surface area contributed by atoms with Gasteiger partial charge in [-0.1, -0.05) is 18.2 Å². The second-order valence-electron chi connectivity index (χ2n) is 7.53. The number of piperidine rings is 1. The minimum atomic E-state index is -0.654. The monoisotopic (exact) mass is 374 g/mol. The maximum atomic E-state index is 12.3. The van der Waals surface area contributed by atoms with E-state index in [1.165, 1.54) is 0 Å². The first-order valence-electron chi connectivity index (χ1n) is 8.89. The van der Waals surface area contributed by atoms with E-state index in [1.807, 2.05) is 6.07 Å². The van der Waals surface area contributed by atoms with Crippen molar-refractivity contribution in [2.75, 3.05) is 18.4 Å². The highest BCUT2D eigenvalue weighted by atomic mass is 16.6. The van der Waals surface area contributed by atoms with E-state index in [0.29, 0.717) is 23.6 Å². The summed E-state index contributed by atoms with van der Waals surface area (Å²) in [6, 6.07) is 9.33. The number of nitrogens with one attached hydrogen (secondary N) is 1. The van der Waals surface area contributed by atoms with Gasteiger partial charge in [-0.25, -0.2) is 9.86 Å². The van der Waals surface area contributed by atoms with Gasteiger partial charge in [0.2, 0.25) is 0 Å². The van der Waals surface area contributed by atoms with Crippen molar-refractivity contribution in [3.8, 4) is 6.07 Å². The number of nitrogens with zero attached hydrogens (tertiary/aromatic N) is 3. The number of amides is 2. The fraction of sp³-hybridized carbons (Fsp3) is 0.526. The van der Waals surface area contributed by atoms with Crippen LogP contribution in [0.1, 0.15) is 33.6 Å². The molecule has 0 spiro atoms. The van der Waals surface area contributed by atoms with Crippen LogP contribution in [0.4, 0.5) is 10.5 Å². The highest BCUT2D eigenvalue weighted by molar-refractivity contribution is 5.88. The second-order valence-corrected chi connectivity index (χ2v) is 7.53. The third kappa shape index (κ3) is 6.24. The van der Waals surface area contributed by atoms with Crippen molar-refractivity contribution in [3.63, 3.8) is 0 Å². The lowest BCUT2D eigenvalue weighted by Crippen LogP contribution is -2.54. The van der Waals surface area contributed by atoms with Gasteiger partial charge >= 0.3 is 12.0 Å². The van der Waals surface area contributed by atoms with E-state index in [4.69, 9.17) is 4.74 Å². The first kappa shape index (κ1) is 20.7. The number of rotatable bonds is 4. The number of benzene rings is 1. The molecule has 2 unspecified atom stereocenters. The third-order valence-electron chi connectivity index (χ3n) is 4.14. The van der Waals surface area contributed by atoms with Crippen LogP contribution in [0.2, 0.25) is 0 Å². The summed E-state index contributed by atoms with van der Waals surface area (Å²) in [5, 5.41) is 22.9. The zero-order valence-corrected chi connectivity index (χ0v) is 15.9. The smallest absolute Gasteiger partial charge is 0.345 e. The molecule has 2 amide bonds. The Morgan fingerprint density at radius 1 is 1.33 bits per heavy atom. The van der Waals surface area contributed by atoms with Gasteiger partial charge < -0.3 is 10.1 Å². The molecule has 146 valence electrons. The van der Waals surface area contributed by atoms with Crippen molar-refractivity contribution in [1.82, 2.24) is 9.96 Å². The summed E-state index contributed by atoms with van der Waals surface area (Å²) < 4.78 is 5.31. The highest BCUT2D eigenvalue weighted by Gasteiger charge is 2.35. The zero-order chi connectivity index (χ0) is 20.0. The molecule has 0 aromatic heterocycles. The van der Waals surface area contributed by atoms with E-state index in [-0.39, 0.29) is 13.1 Å². The molecule has 1 saturated heterocycles. The predicted molar refractivity (Wildman–Crippen MR) is 98.9 cm³/mol.